The van der Waals surface area contributed by atoms with Crippen LogP contribution in [0.4, 0.5) is 5.82 Å². The van der Waals surface area contributed by atoms with Crippen molar-refractivity contribution in [3.8, 4) is 17.0 Å². The smallest absolute Gasteiger partial charge is 0.138 e. The molecule has 2 aromatic heterocycles. The normalized spacial score (nSPS) is 10.3. The molecule has 2 aromatic rings. The number of pyridine rings is 1. The highest BCUT2D eigenvalue weighted by molar-refractivity contribution is 5.68. The monoisotopic (exact) mass is 258 g/mol. The molecule has 0 saturated carbocycles. The molecular weight excluding hydrogens is 240 g/mol. The Morgan fingerprint density at radius 3 is 2.68 bits per heavy atom. The maximum Gasteiger partial charge on any atom is 0.138 e. The van der Waals surface area contributed by atoms with Gasteiger partial charge in [0.15, 0.2) is 0 Å². The van der Waals surface area contributed by atoms with E-state index in [9.17, 15) is 0 Å². The van der Waals surface area contributed by atoms with E-state index >= 15 is 0 Å². The molecule has 0 aliphatic carbocycles. The maximum atomic E-state index is 5.47. The van der Waals surface area contributed by atoms with Crippen LogP contribution in [0.5, 0.6) is 5.75 Å². The maximum absolute atomic E-state index is 5.47. The summed E-state index contributed by atoms with van der Waals surface area (Å²) in [5.74, 6) is 2.32. The molecule has 1 N–H and O–H groups in total. The molecule has 0 spiro atoms. The van der Waals surface area contributed by atoms with Gasteiger partial charge in [0.05, 0.1) is 18.5 Å². The molecule has 0 radical (unpaired) electrons. The summed E-state index contributed by atoms with van der Waals surface area (Å²) >= 11 is 0. The molecule has 2 rings (SSSR count). The van der Waals surface area contributed by atoms with Crippen LogP contribution in [-0.2, 0) is 0 Å². The Morgan fingerprint density at radius 1 is 1.21 bits per heavy atom. The number of ether oxygens (including phenoxy) is 1. The average molecular weight is 258 g/mol. The van der Waals surface area contributed by atoms with E-state index in [1.54, 1.807) is 12.4 Å². The summed E-state index contributed by atoms with van der Waals surface area (Å²) in [5.41, 5.74) is 2.82. The highest BCUT2D eigenvalue weighted by Gasteiger charge is 2.11. The van der Waals surface area contributed by atoms with Crippen molar-refractivity contribution >= 4 is 5.82 Å². The van der Waals surface area contributed by atoms with Crippen molar-refractivity contribution in [2.45, 2.75) is 20.8 Å². The Kier molecular flexibility index (Phi) is 3.94. The molecule has 0 aliphatic rings. The second kappa shape index (κ2) is 5.65. The van der Waals surface area contributed by atoms with Gasteiger partial charge in [0, 0.05) is 24.4 Å². The van der Waals surface area contributed by atoms with Crippen LogP contribution in [0.2, 0.25) is 0 Å². The third-order valence-electron chi connectivity index (χ3n) is 2.79. The number of hydrogen-bond donors (Lipinski definition) is 1. The molecule has 2 heterocycles. The van der Waals surface area contributed by atoms with Crippen LogP contribution in [-0.4, -0.2) is 28.6 Å². The van der Waals surface area contributed by atoms with Crippen LogP contribution in [0.1, 0.15) is 18.3 Å². The van der Waals surface area contributed by atoms with E-state index in [0.717, 1.165) is 34.2 Å². The van der Waals surface area contributed by atoms with Crippen LogP contribution in [0.25, 0.3) is 11.3 Å². The van der Waals surface area contributed by atoms with Crippen molar-refractivity contribution in [3.63, 3.8) is 0 Å². The second-order valence-electron chi connectivity index (χ2n) is 4.19. The van der Waals surface area contributed by atoms with Crippen LogP contribution >= 0.6 is 0 Å². The molecule has 5 heteroatoms. The fourth-order valence-electron chi connectivity index (χ4n) is 1.95. The van der Waals surface area contributed by atoms with Gasteiger partial charge in [0.2, 0.25) is 0 Å². The van der Waals surface area contributed by atoms with E-state index < -0.39 is 0 Å². The number of nitrogens with one attached hydrogen (secondary N) is 1. The highest BCUT2D eigenvalue weighted by Crippen LogP contribution is 2.27. The predicted molar refractivity (Wildman–Crippen MR) is 75.5 cm³/mol. The first kappa shape index (κ1) is 13.3. The molecule has 100 valence electrons. The Hall–Kier alpha value is -2.17. The van der Waals surface area contributed by atoms with Gasteiger partial charge in [-0.2, -0.15) is 0 Å². The molecule has 0 bridgehead atoms. The third-order valence-corrected chi connectivity index (χ3v) is 2.79. The number of anilines is 1. The molecular formula is C14H18N4O. The van der Waals surface area contributed by atoms with E-state index in [-0.39, 0.29) is 0 Å². The van der Waals surface area contributed by atoms with Crippen LogP contribution in [0.15, 0.2) is 18.5 Å². The van der Waals surface area contributed by atoms with E-state index in [1.165, 1.54) is 0 Å². The lowest BCUT2D eigenvalue weighted by molar-refractivity contribution is 0.339. The summed E-state index contributed by atoms with van der Waals surface area (Å²) in [6.45, 7) is 6.44. The summed E-state index contributed by atoms with van der Waals surface area (Å²) in [7, 11) is 1.85. The first-order valence-electron chi connectivity index (χ1n) is 6.27. The zero-order valence-electron chi connectivity index (χ0n) is 11.7. The lowest BCUT2D eigenvalue weighted by Crippen LogP contribution is -2.03. The Labute approximate surface area is 113 Å². The van der Waals surface area contributed by atoms with E-state index in [0.29, 0.717) is 6.61 Å². The van der Waals surface area contributed by atoms with E-state index in [4.69, 9.17) is 4.74 Å². The Bertz CT molecular complexity index is 584. The van der Waals surface area contributed by atoms with Gasteiger partial charge >= 0.3 is 0 Å². The fourth-order valence-corrected chi connectivity index (χ4v) is 1.95. The molecule has 0 aliphatic heterocycles. The molecule has 19 heavy (non-hydrogen) atoms. The number of rotatable bonds is 4. The molecule has 0 fully saturated rings. The van der Waals surface area contributed by atoms with Crippen molar-refractivity contribution in [2.75, 3.05) is 19.0 Å². The van der Waals surface area contributed by atoms with Crippen molar-refractivity contribution in [1.29, 1.82) is 0 Å². The molecule has 0 atom stereocenters. The minimum absolute atomic E-state index is 0.620. The fraction of sp³-hybridized carbons (Fsp3) is 0.357. The number of aromatic nitrogens is 3. The first-order chi connectivity index (χ1) is 9.15. The van der Waals surface area contributed by atoms with Gasteiger partial charge in [-0.25, -0.2) is 9.97 Å². The average Bonchev–Trinajstić information content (AvgIpc) is 2.41. The minimum Gasteiger partial charge on any atom is -0.492 e. The first-order valence-corrected chi connectivity index (χ1v) is 6.27. The molecule has 0 unspecified atom stereocenters. The molecule has 0 amide bonds. The number of aryl methyl sites for hydroxylation is 1. The van der Waals surface area contributed by atoms with Gasteiger partial charge in [-0.05, 0) is 26.8 Å². The van der Waals surface area contributed by atoms with Crippen LogP contribution < -0.4 is 10.1 Å². The molecule has 0 saturated heterocycles. The SMILES string of the molecule is CCOc1cncc(-c2nc(C)nc(NC)c2C)c1. The van der Waals surface area contributed by atoms with Crippen LogP contribution in [0, 0.1) is 13.8 Å². The minimum atomic E-state index is 0.620. The van der Waals surface area contributed by atoms with Gasteiger partial charge in [0.1, 0.15) is 17.4 Å². The lowest BCUT2D eigenvalue weighted by atomic mass is 10.1. The largest absolute Gasteiger partial charge is 0.492 e. The van der Waals surface area contributed by atoms with E-state index in [1.807, 2.05) is 33.9 Å². The van der Waals surface area contributed by atoms with Gasteiger partial charge in [0.25, 0.3) is 0 Å². The van der Waals surface area contributed by atoms with Crippen molar-refractivity contribution in [3.05, 3.63) is 29.8 Å². The van der Waals surface area contributed by atoms with Gasteiger partial charge < -0.3 is 10.1 Å². The summed E-state index contributed by atoms with van der Waals surface area (Å²) in [6.07, 6.45) is 3.49. The Balaban J connectivity index is 2.52. The highest BCUT2D eigenvalue weighted by atomic mass is 16.5. The number of hydrogen-bond acceptors (Lipinski definition) is 5. The summed E-state index contributed by atoms with van der Waals surface area (Å²) in [6, 6.07) is 1.95. The Morgan fingerprint density at radius 2 is 2.00 bits per heavy atom. The topological polar surface area (TPSA) is 59.9 Å². The second-order valence-corrected chi connectivity index (χ2v) is 4.19. The molecule has 5 nitrogen and oxygen atoms in total. The van der Waals surface area contributed by atoms with Gasteiger partial charge in [-0.3, -0.25) is 4.98 Å². The van der Waals surface area contributed by atoms with Gasteiger partial charge in [-0.1, -0.05) is 0 Å². The predicted octanol–water partition coefficient (Wildman–Crippen LogP) is 2.60. The zero-order valence-corrected chi connectivity index (χ0v) is 11.7. The summed E-state index contributed by atoms with van der Waals surface area (Å²) in [4.78, 5) is 13.1. The van der Waals surface area contributed by atoms with Gasteiger partial charge in [-0.15, -0.1) is 0 Å². The summed E-state index contributed by atoms with van der Waals surface area (Å²) < 4.78 is 5.47. The van der Waals surface area contributed by atoms with E-state index in [2.05, 4.69) is 20.3 Å². The van der Waals surface area contributed by atoms with Crippen LogP contribution in [0.3, 0.4) is 0 Å². The number of nitrogens with zero attached hydrogens (tertiary/aromatic N) is 3. The molecule has 0 aromatic carbocycles. The van der Waals surface area contributed by atoms with Crippen molar-refractivity contribution in [1.82, 2.24) is 15.0 Å². The quantitative estimate of drug-likeness (QED) is 0.913. The third kappa shape index (κ3) is 2.81. The van der Waals surface area contributed by atoms with Crippen molar-refractivity contribution < 1.29 is 4.74 Å². The lowest BCUT2D eigenvalue weighted by Gasteiger charge is -2.11. The summed E-state index contributed by atoms with van der Waals surface area (Å²) in [5, 5.41) is 3.08. The zero-order chi connectivity index (χ0) is 13.8. The van der Waals surface area contributed by atoms with Crippen molar-refractivity contribution in [2.24, 2.45) is 0 Å². The standard InChI is InChI=1S/C14H18N4O/c1-5-19-12-6-11(7-16-8-12)13-9(2)14(15-4)18-10(3)17-13/h6-8H,5H2,1-4H3,(H,15,17,18).